The van der Waals surface area contributed by atoms with Gasteiger partial charge in [-0.1, -0.05) is 12.0 Å². The normalized spacial score (nSPS) is 16.4. The summed E-state index contributed by atoms with van der Waals surface area (Å²) >= 11 is 0. The number of hydrogen-bond donors (Lipinski definition) is 0. The van der Waals surface area contributed by atoms with Gasteiger partial charge >= 0.3 is 6.01 Å². The van der Waals surface area contributed by atoms with Gasteiger partial charge in [0.25, 0.3) is 0 Å². The van der Waals surface area contributed by atoms with E-state index in [-0.39, 0.29) is 5.91 Å². The highest BCUT2D eigenvalue weighted by atomic mass is 16.4. The predicted molar refractivity (Wildman–Crippen MR) is 76.5 cm³/mol. The molecule has 0 aliphatic carbocycles. The van der Waals surface area contributed by atoms with Crippen LogP contribution in [-0.4, -0.2) is 48.2 Å². The third-order valence-electron chi connectivity index (χ3n) is 3.77. The number of aromatic nitrogens is 2. The van der Waals surface area contributed by atoms with Gasteiger partial charge in [-0.3, -0.25) is 4.79 Å². The van der Waals surface area contributed by atoms with Gasteiger partial charge in [0.1, 0.15) is 0 Å². The van der Waals surface area contributed by atoms with Crippen molar-refractivity contribution in [2.45, 2.75) is 39.0 Å². The summed E-state index contributed by atoms with van der Waals surface area (Å²) in [5, 5.41) is 8.16. The molecule has 2 rings (SSSR count). The Hall–Kier alpha value is -1.59. The van der Waals surface area contributed by atoms with E-state index in [0.717, 1.165) is 38.8 Å². The van der Waals surface area contributed by atoms with E-state index in [0.29, 0.717) is 24.2 Å². The molecule has 112 valence electrons. The third-order valence-corrected chi connectivity index (χ3v) is 3.77. The van der Waals surface area contributed by atoms with E-state index < -0.39 is 0 Å². The van der Waals surface area contributed by atoms with Crippen molar-refractivity contribution in [3.8, 4) is 0 Å². The molecule has 0 spiro atoms. The minimum Gasteiger partial charge on any atom is -0.408 e. The lowest BCUT2D eigenvalue weighted by Gasteiger charge is -2.30. The molecule has 0 atom stereocenters. The SMILES string of the molecule is CCCc1nnc(N2CCC(CC(=O)N(C)C)CC2)o1. The highest BCUT2D eigenvalue weighted by Crippen LogP contribution is 2.24. The molecular weight excluding hydrogens is 256 g/mol. The molecule has 1 saturated heterocycles. The molecule has 0 unspecified atom stereocenters. The van der Waals surface area contributed by atoms with E-state index in [1.54, 1.807) is 4.90 Å². The van der Waals surface area contributed by atoms with Crippen LogP contribution in [0.3, 0.4) is 0 Å². The molecule has 1 aliphatic heterocycles. The zero-order valence-electron chi connectivity index (χ0n) is 12.6. The lowest BCUT2D eigenvalue weighted by atomic mass is 9.93. The average Bonchev–Trinajstić information content (AvgIpc) is 2.88. The summed E-state index contributed by atoms with van der Waals surface area (Å²) in [6.07, 6.45) is 4.50. The first-order valence-corrected chi connectivity index (χ1v) is 7.37. The van der Waals surface area contributed by atoms with Crippen molar-refractivity contribution in [2.24, 2.45) is 5.92 Å². The Morgan fingerprint density at radius 1 is 1.35 bits per heavy atom. The molecule has 0 radical (unpaired) electrons. The number of amides is 1. The monoisotopic (exact) mass is 280 g/mol. The van der Waals surface area contributed by atoms with E-state index in [4.69, 9.17) is 4.42 Å². The second-order valence-electron chi connectivity index (χ2n) is 5.65. The van der Waals surface area contributed by atoms with E-state index in [2.05, 4.69) is 22.0 Å². The van der Waals surface area contributed by atoms with Crippen LogP contribution in [0.1, 0.15) is 38.5 Å². The van der Waals surface area contributed by atoms with Crippen LogP contribution < -0.4 is 4.90 Å². The number of hydrogen-bond acceptors (Lipinski definition) is 5. The van der Waals surface area contributed by atoms with Gasteiger partial charge in [0.2, 0.25) is 11.8 Å². The van der Waals surface area contributed by atoms with Crippen molar-refractivity contribution in [3.63, 3.8) is 0 Å². The van der Waals surface area contributed by atoms with E-state index in [1.165, 1.54) is 0 Å². The standard InChI is InChI=1S/C14H24N4O2/c1-4-5-12-15-16-14(20-12)18-8-6-11(7-9-18)10-13(19)17(2)3/h11H,4-10H2,1-3H3. The number of nitrogens with zero attached hydrogens (tertiary/aromatic N) is 4. The quantitative estimate of drug-likeness (QED) is 0.821. The fourth-order valence-corrected chi connectivity index (χ4v) is 2.45. The molecule has 6 heteroatoms. The van der Waals surface area contributed by atoms with Gasteiger partial charge in [-0.2, -0.15) is 0 Å². The molecule has 2 heterocycles. The molecule has 0 aromatic carbocycles. The Morgan fingerprint density at radius 2 is 2.05 bits per heavy atom. The van der Waals surface area contributed by atoms with Crippen LogP contribution in [-0.2, 0) is 11.2 Å². The Labute approximate surface area is 120 Å². The van der Waals surface area contributed by atoms with Crippen molar-refractivity contribution < 1.29 is 9.21 Å². The van der Waals surface area contributed by atoms with Crippen LogP contribution in [0.15, 0.2) is 4.42 Å². The molecule has 0 N–H and O–H groups in total. The lowest BCUT2D eigenvalue weighted by Crippen LogP contribution is -2.36. The number of anilines is 1. The van der Waals surface area contributed by atoms with Crippen LogP contribution in [0.5, 0.6) is 0 Å². The van der Waals surface area contributed by atoms with Crippen molar-refractivity contribution in [2.75, 3.05) is 32.1 Å². The zero-order chi connectivity index (χ0) is 14.5. The minimum absolute atomic E-state index is 0.214. The van der Waals surface area contributed by atoms with E-state index >= 15 is 0 Å². The predicted octanol–water partition coefficient (Wildman–Crippen LogP) is 1.72. The van der Waals surface area contributed by atoms with Crippen LogP contribution in [0.4, 0.5) is 6.01 Å². The van der Waals surface area contributed by atoms with E-state index in [1.807, 2.05) is 14.1 Å². The maximum Gasteiger partial charge on any atom is 0.318 e. The maximum absolute atomic E-state index is 11.7. The summed E-state index contributed by atoms with van der Waals surface area (Å²) in [6, 6.07) is 0.630. The van der Waals surface area contributed by atoms with Gasteiger partial charge in [0.15, 0.2) is 0 Å². The van der Waals surface area contributed by atoms with Gasteiger partial charge in [0.05, 0.1) is 0 Å². The Kier molecular flexibility index (Phi) is 4.98. The topological polar surface area (TPSA) is 62.5 Å². The van der Waals surface area contributed by atoms with Gasteiger partial charge in [-0.15, -0.1) is 5.10 Å². The fourth-order valence-electron chi connectivity index (χ4n) is 2.45. The van der Waals surface area contributed by atoms with Gasteiger partial charge < -0.3 is 14.2 Å². The molecule has 1 aliphatic rings. The highest BCUT2D eigenvalue weighted by molar-refractivity contribution is 5.75. The highest BCUT2D eigenvalue weighted by Gasteiger charge is 2.24. The van der Waals surface area contributed by atoms with Gasteiger partial charge in [0, 0.05) is 40.0 Å². The van der Waals surface area contributed by atoms with Crippen LogP contribution in [0.2, 0.25) is 0 Å². The maximum atomic E-state index is 11.7. The van der Waals surface area contributed by atoms with Crippen LogP contribution in [0, 0.1) is 5.92 Å². The fraction of sp³-hybridized carbons (Fsp3) is 0.786. The number of rotatable bonds is 5. The van der Waals surface area contributed by atoms with E-state index in [9.17, 15) is 4.79 Å². The third kappa shape index (κ3) is 3.71. The summed E-state index contributed by atoms with van der Waals surface area (Å²) in [5.74, 6) is 1.40. The molecule has 1 aromatic rings. The number of aryl methyl sites for hydroxylation is 1. The van der Waals surface area contributed by atoms with Gasteiger partial charge in [-0.25, -0.2) is 0 Å². The summed E-state index contributed by atoms with van der Waals surface area (Å²) in [4.78, 5) is 15.5. The molecule has 20 heavy (non-hydrogen) atoms. The van der Waals surface area contributed by atoms with Crippen LogP contribution in [0.25, 0.3) is 0 Å². The molecule has 1 fully saturated rings. The largest absolute Gasteiger partial charge is 0.408 e. The average molecular weight is 280 g/mol. The molecule has 1 amide bonds. The molecule has 1 aromatic heterocycles. The van der Waals surface area contributed by atoms with Gasteiger partial charge in [-0.05, 0) is 25.2 Å². The number of carbonyl (C=O) groups is 1. The van der Waals surface area contributed by atoms with Crippen molar-refractivity contribution in [1.29, 1.82) is 0 Å². The van der Waals surface area contributed by atoms with Crippen LogP contribution >= 0.6 is 0 Å². The number of carbonyl (C=O) groups excluding carboxylic acids is 1. The first-order chi connectivity index (χ1) is 9.60. The first-order valence-electron chi connectivity index (χ1n) is 7.37. The number of piperidine rings is 1. The summed E-state index contributed by atoms with van der Waals surface area (Å²) < 4.78 is 5.65. The van der Waals surface area contributed by atoms with Crippen molar-refractivity contribution in [3.05, 3.63) is 5.89 Å². The summed E-state index contributed by atoms with van der Waals surface area (Å²) in [5.41, 5.74) is 0. The summed E-state index contributed by atoms with van der Waals surface area (Å²) in [7, 11) is 3.62. The minimum atomic E-state index is 0.214. The molecule has 0 saturated carbocycles. The van der Waals surface area contributed by atoms with Crippen molar-refractivity contribution >= 4 is 11.9 Å². The zero-order valence-corrected chi connectivity index (χ0v) is 12.6. The molecule has 0 bridgehead atoms. The second-order valence-corrected chi connectivity index (χ2v) is 5.65. The Bertz CT molecular complexity index is 436. The lowest BCUT2D eigenvalue weighted by molar-refractivity contribution is -0.129. The Morgan fingerprint density at radius 3 is 2.65 bits per heavy atom. The molecular formula is C14H24N4O2. The smallest absolute Gasteiger partial charge is 0.318 e. The summed E-state index contributed by atoms with van der Waals surface area (Å²) in [6.45, 7) is 3.87. The van der Waals surface area contributed by atoms with Crippen molar-refractivity contribution in [1.82, 2.24) is 15.1 Å². The molecule has 6 nitrogen and oxygen atoms in total. The Balaban J connectivity index is 1.82. The second kappa shape index (κ2) is 6.72. The first kappa shape index (κ1) is 14.8.